The topological polar surface area (TPSA) is 3.24 Å². The van der Waals surface area contributed by atoms with Crippen LogP contribution in [0.4, 0.5) is 0 Å². The molecule has 0 N–H and O–H groups in total. The number of hydrogen-bond acceptors (Lipinski definition) is 1. The molecule has 0 aromatic heterocycles. The molecule has 0 saturated carbocycles. The fourth-order valence-electron chi connectivity index (χ4n) is 1.81. The Hall–Kier alpha value is 0.440. The van der Waals surface area contributed by atoms with Gasteiger partial charge in [0, 0.05) is 17.9 Å². The Labute approximate surface area is 98.4 Å². The second-order valence-electron chi connectivity index (χ2n) is 4.38. The Kier molecular flexibility index (Phi) is 9.00. The highest BCUT2D eigenvalue weighted by atomic mass is 79.9. The zero-order valence-electron chi connectivity index (χ0n) is 10.2. The summed E-state index contributed by atoms with van der Waals surface area (Å²) in [7, 11) is 0. The zero-order valence-corrected chi connectivity index (χ0v) is 11.8. The molecule has 1 nitrogen and oxygen atoms in total. The van der Waals surface area contributed by atoms with Crippen LogP contribution in [0.25, 0.3) is 0 Å². The van der Waals surface area contributed by atoms with Gasteiger partial charge in [0.15, 0.2) is 0 Å². The first kappa shape index (κ1) is 14.4. The summed E-state index contributed by atoms with van der Waals surface area (Å²) in [5, 5.41) is 1.10. The van der Waals surface area contributed by atoms with Gasteiger partial charge in [0.1, 0.15) is 0 Å². The van der Waals surface area contributed by atoms with Gasteiger partial charge in [-0.1, -0.05) is 43.6 Å². The van der Waals surface area contributed by atoms with E-state index >= 15 is 0 Å². The predicted molar refractivity (Wildman–Crippen MR) is 69.2 cm³/mol. The lowest BCUT2D eigenvalue weighted by atomic mass is 10.1. The maximum Gasteiger partial charge on any atom is 0.0159 e. The molecule has 0 rings (SSSR count). The monoisotopic (exact) mass is 263 g/mol. The largest absolute Gasteiger partial charge is 0.300 e. The molecule has 0 atom stereocenters. The Morgan fingerprint density at radius 2 is 1.64 bits per heavy atom. The van der Waals surface area contributed by atoms with Crippen LogP contribution in [0.5, 0.6) is 0 Å². The maximum atomic E-state index is 3.54. The van der Waals surface area contributed by atoms with E-state index in [0.29, 0.717) is 0 Å². The van der Waals surface area contributed by atoms with E-state index in [1.54, 1.807) is 0 Å². The minimum Gasteiger partial charge on any atom is -0.300 e. The Bertz CT molecular complexity index is 121. The molecule has 0 heterocycles. The fraction of sp³-hybridized carbons (Fsp3) is 1.00. The molecule has 0 radical (unpaired) electrons. The molecule has 0 aromatic carbocycles. The molecule has 0 saturated heterocycles. The molecule has 0 unspecified atom stereocenters. The summed E-state index contributed by atoms with van der Waals surface area (Å²) >= 11 is 3.54. The van der Waals surface area contributed by atoms with Gasteiger partial charge in [-0.3, -0.25) is 4.90 Å². The van der Waals surface area contributed by atoms with Crippen LogP contribution in [-0.4, -0.2) is 29.4 Å². The second-order valence-corrected chi connectivity index (χ2v) is 5.17. The van der Waals surface area contributed by atoms with Gasteiger partial charge >= 0.3 is 0 Å². The van der Waals surface area contributed by atoms with Crippen molar-refractivity contribution in [2.45, 2.75) is 53.0 Å². The predicted octanol–water partition coefficient (Wildman–Crippen LogP) is 3.92. The molecular formula is C12H26BrN. The van der Waals surface area contributed by atoms with Crippen LogP contribution in [0, 0.1) is 5.92 Å². The van der Waals surface area contributed by atoms with E-state index in [1.807, 2.05) is 0 Å². The van der Waals surface area contributed by atoms with Crippen LogP contribution in [0.15, 0.2) is 0 Å². The third-order valence-electron chi connectivity index (χ3n) is 2.82. The van der Waals surface area contributed by atoms with Crippen LogP contribution in [0.1, 0.15) is 47.0 Å². The zero-order chi connectivity index (χ0) is 11.0. The summed E-state index contributed by atoms with van der Waals surface area (Å²) in [6, 6.07) is 0.784. The molecule has 2 heteroatoms. The smallest absolute Gasteiger partial charge is 0.0159 e. The number of halogens is 1. The quantitative estimate of drug-likeness (QED) is 0.601. The molecule has 14 heavy (non-hydrogen) atoms. The van der Waals surface area contributed by atoms with Crippen molar-refractivity contribution in [3.63, 3.8) is 0 Å². The van der Waals surface area contributed by atoms with E-state index in [4.69, 9.17) is 0 Å². The molecule has 0 bridgehead atoms. The highest BCUT2D eigenvalue weighted by Crippen LogP contribution is 2.11. The molecule has 0 spiro atoms. The Morgan fingerprint density at radius 3 is 2.00 bits per heavy atom. The van der Waals surface area contributed by atoms with Crippen LogP contribution in [0.3, 0.4) is 0 Å². The summed E-state index contributed by atoms with van der Waals surface area (Å²) in [6.45, 7) is 11.7. The van der Waals surface area contributed by atoms with Gasteiger partial charge in [-0.15, -0.1) is 0 Å². The van der Waals surface area contributed by atoms with E-state index in [9.17, 15) is 0 Å². The summed E-state index contributed by atoms with van der Waals surface area (Å²) < 4.78 is 0. The standard InChI is InChI=1S/C12H26BrN/c1-5-12(6-2)14(10-8-13)9-7-11(3)4/h11-12H,5-10H2,1-4H3. The number of alkyl halides is 1. The van der Waals surface area contributed by atoms with Crippen molar-refractivity contribution in [3.05, 3.63) is 0 Å². The van der Waals surface area contributed by atoms with Gasteiger partial charge in [0.25, 0.3) is 0 Å². The maximum absolute atomic E-state index is 3.54. The lowest BCUT2D eigenvalue weighted by molar-refractivity contribution is 0.187. The van der Waals surface area contributed by atoms with Crippen LogP contribution < -0.4 is 0 Å². The van der Waals surface area contributed by atoms with Crippen LogP contribution in [0.2, 0.25) is 0 Å². The van der Waals surface area contributed by atoms with Gasteiger partial charge in [-0.25, -0.2) is 0 Å². The van der Waals surface area contributed by atoms with Crippen molar-refractivity contribution in [3.8, 4) is 0 Å². The average Bonchev–Trinajstić information content (AvgIpc) is 2.15. The third kappa shape index (κ3) is 6.02. The van der Waals surface area contributed by atoms with Gasteiger partial charge in [0.05, 0.1) is 0 Å². The molecular weight excluding hydrogens is 238 g/mol. The Morgan fingerprint density at radius 1 is 1.07 bits per heavy atom. The summed E-state index contributed by atoms with van der Waals surface area (Å²) in [5.41, 5.74) is 0. The average molecular weight is 264 g/mol. The van der Waals surface area contributed by atoms with Crippen molar-refractivity contribution in [2.75, 3.05) is 18.4 Å². The Balaban J connectivity index is 3.98. The molecule has 0 amide bonds. The molecule has 0 aliphatic rings. The summed E-state index contributed by atoms with van der Waals surface area (Å²) in [6.07, 6.45) is 3.88. The van der Waals surface area contributed by atoms with Gasteiger partial charge in [-0.2, -0.15) is 0 Å². The number of hydrogen-bond donors (Lipinski definition) is 0. The first-order chi connectivity index (χ1) is 6.65. The van der Waals surface area contributed by atoms with Crippen molar-refractivity contribution in [1.29, 1.82) is 0 Å². The van der Waals surface area contributed by atoms with Gasteiger partial charge < -0.3 is 0 Å². The summed E-state index contributed by atoms with van der Waals surface area (Å²) in [5.74, 6) is 0.821. The van der Waals surface area contributed by atoms with Crippen molar-refractivity contribution in [2.24, 2.45) is 5.92 Å². The summed E-state index contributed by atoms with van der Waals surface area (Å²) in [4.78, 5) is 2.63. The van der Waals surface area contributed by atoms with Crippen molar-refractivity contribution in [1.82, 2.24) is 4.90 Å². The molecule has 0 aliphatic heterocycles. The molecule has 0 aromatic rings. The van der Waals surface area contributed by atoms with Gasteiger partial charge in [-0.05, 0) is 31.7 Å². The van der Waals surface area contributed by atoms with Crippen LogP contribution >= 0.6 is 15.9 Å². The molecule has 0 aliphatic carbocycles. The fourth-order valence-corrected chi connectivity index (χ4v) is 2.27. The first-order valence-corrected chi connectivity index (χ1v) is 7.07. The number of rotatable bonds is 8. The SMILES string of the molecule is CCC(CC)N(CCBr)CCC(C)C. The van der Waals surface area contributed by atoms with E-state index in [1.165, 1.54) is 32.4 Å². The van der Waals surface area contributed by atoms with E-state index in [-0.39, 0.29) is 0 Å². The van der Waals surface area contributed by atoms with Crippen LogP contribution in [-0.2, 0) is 0 Å². The van der Waals surface area contributed by atoms with Gasteiger partial charge in [0.2, 0.25) is 0 Å². The van der Waals surface area contributed by atoms with E-state index in [2.05, 4.69) is 48.5 Å². The van der Waals surface area contributed by atoms with E-state index < -0.39 is 0 Å². The lowest BCUT2D eigenvalue weighted by Gasteiger charge is -2.30. The molecule has 0 fully saturated rings. The normalized spacial score (nSPS) is 12.0. The second kappa shape index (κ2) is 8.72. The third-order valence-corrected chi connectivity index (χ3v) is 3.18. The lowest BCUT2D eigenvalue weighted by Crippen LogP contribution is -2.37. The highest BCUT2D eigenvalue weighted by Gasteiger charge is 2.13. The minimum absolute atomic E-state index is 0.784. The van der Waals surface area contributed by atoms with E-state index in [0.717, 1.165) is 17.3 Å². The van der Waals surface area contributed by atoms with Crippen molar-refractivity contribution < 1.29 is 0 Å². The number of nitrogens with zero attached hydrogens (tertiary/aromatic N) is 1. The first-order valence-electron chi connectivity index (χ1n) is 5.95. The highest BCUT2D eigenvalue weighted by molar-refractivity contribution is 9.09. The minimum atomic E-state index is 0.784. The van der Waals surface area contributed by atoms with Crippen molar-refractivity contribution >= 4 is 15.9 Å². The molecule has 86 valence electrons.